The first-order valence-electron chi connectivity index (χ1n) is 11.9. The fourth-order valence-electron chi connectivity index (χ4n) is 5.06. The van der Waals surface area contributed by atoms with Crippen LogP contribution in [-0.4, -0.2) is 91.3 Å². The highest BCUT2D eigenvalue weighted by molar-refractivity contribution is 7.89. The van der Waals surface area contributed by atoms with Gasteiger partial charge in [-0.05, 0) is 36.7 Å². The predicted octanol–water partition coefficient (Wildman–Crippen LogP) is 2.60. The van der Waals surface area contributed by atoms with Gasteiger partial charge in [0.15, 0.2) is 0 Å². The molecule has 2 atom stereocenters. The highest BCUT2D eigenvalue weighted by atomic mass is 35.5. The van der Waals surface area contributed by atoms with E-state index < -0.39 is 27.9 Å². The molecule has 200 valence electrons. The molecule has 0 saturated carbocycles. The molecule has 2 fully saturated rings. The second kappa shape index (κ2) is 12.6. The van der Waals surface area contributed by atoms with Crippen LogP contribution >= 0.6 is 24.8 Å². The van der Waals surface area contributed by atoms with Crippen LogP contribution in [0.1, 0.15) is 30.9 Å². The van der Waals surface area contributed by atoms with E-state index in [0.29, 0.717) is 18.7 Å². The average molecular weight is 560 g/mol. The third-order valence-corrected chi connectivity index (χ3v) is 7.94. The molecule has 2 amide bonds. The minimum Gasteiger partial charge on any atom is -0.326 e. The molecule has 0 bridgehead atoms. The molecule has 2 saturated heterocycles. The summed E-state index contributed by atoms with van der Waals surface area (Å²) in [5.74, 6) is -1.18. The second-order valence-electron chi connectivity index (χ2n) is 9.48. The van der Waals surface area contributed by atoms with Crippen LogP contribution in [0.4, 0.5) is 0 Å². The van der Waals surface area contributed by atoms with Gasteiger partial charge in [-0.15, -0.1) is 24.8 Å². The smallest absolute Gasteiger partial charge is 0.247 e. The lowest BCUT2D eigenvalue weighted by molar-refractivity contribution is -0.130. The van der Waals surface area contributed by atoms with Crippen molar-refractivity contribution in [3.05, 3.63) is 53.2 Å². The Hall–Kier alpha value is -1.91. The maximum atomic E-state index is 13.0. The van der Waals surface area contributed by atoms with Crippen LogP contribution in [-0.2, 0) is 26.2 Å². The number of hydrogen-bond acceptors (Lipinski definition) is 6. The van der Waals surface area contributed by atoms with Gasteiger partial charge in [0.25, 0.3) is 0 Å². The summed E-state index contributed by atoms with van der Waals surface area (Å²) in [6.07, 6.45) is 7.29. The highest BCUT2D eigenvalue weighted by Crippen LogP contribution is 2.40. The molecular weight excluding hydrogens is 523 g/mol. The molecule has 0 unspecified atom stereocenters. The van der Waals surface area contributed by atoms with E-state index >= 15 is 0 Å². The summed E-state index contributed by atoms with van der Waals surface area (Å²) in [5.41, 5.74) is 2.59. The SMILES string of the molecule is CCC[C@H]1C(=O)N(S(C)(=O)=O)C2=CCN(C(=O)C=Cc3ccc(CN4CCN(C)CC4)cc3)[C@@H]21.Cl.Cl. The van der Waals surface area contributed by atoms with Gasteiger partial charge < -0.3 is 9.80 Å². The molecule has 3 aliphatic rings. The Morgan fingerprint density at radius 2 is 1.72 bits per heavy atom. The summed E-state index contributed by atoms with van der Waals surface area (Å²) in [5, 5.41) is 0. The van der Waals surface area contributed by atoms with E-state index in [9.17, 15) is 18.0 Å². The maximum Gasteiger partial charge on any atom is 0.247 e. The van der Waals surface area contributed by atoms with Crippen molar-refractivity contribution >= 4 is 52.7 Å². The van der Waals surface area contributed by atoms with Gasteiger partial charge in [0.1, 0.15) is 0 Å². The first-order valence-corrected chi connectivity index (χ1v) is 13.8. The van der Waals surface area contributed by atoms with E-state index in [4.69, 9.17) is 0 Å². The number of likely N-dealkylation sites (N-methyl/N-ethyl adjacent to an activating group) is 1. The number of halogens is 2. The van der Waals surface area contributed by atoms with Crippen molar-refractivity contribution in [1.82, 2.24) is 19.0 Å². The van der Waals surface area contributed by atoms with Crippen LogP contribution in [0, 0.1) is 5.92 Å². The van der Waals surface area contributed by atoms with Crippen molar-refractivity contribution in [2.24, 2.45) is 5.92 Å². The van der Waals surface area contributed by atoms with E-state index in [1.165, 1.54) is 11.6 Å². The van der Waals surface area contributed by atoms with E-state index in [2.05, 4.69) is 29.0 Å². The number of carbonyl (C=O) groups is 2. The molecule has 1 aromatic carbocycles. The summed E-state index contributed by atoms with van der Waals surface area (Å²) >= 11 is 0. The lowest BCUT2D eigenvalue weighted by Crippen LogP contribution is -2.43. The largest absolute Gasteiger partial charge is 0.326 e. The normalized spacial score (nSPS) is 22.9. The van der Waals surface area contributed by atoms with E-state index in [0.717, 1.165) is 55.3 Å². The summed E-state index contributed by atoms with van der Waals surface area (Å²) in [6.45, 7) is 7.48. The van der Waals surface area contributed by atoms with Crippen LogP contribution < -0.4 is 0 Å². The molecule has 4 rings (SSSR count). The Labute approximate surface area is 226 Å². The number of sulfonamides is 1. The van der Waals surface area contributed by atoms with Crippen LogP contribution in [0.25, 0.3) is 6.08 Å². The molecule has 0 N–H and O–H groups in total. The number of hydrogen-bond donors (Lipinski definition) is 0. The van der Waals surface area contributed by atoms with Gasteiger partial charge >= 0.3 is 0 Å². The van der Waals surface area contributed by atoms with Gasteiger partial charge in [0, 0.05) is 45.3 Å². The number of carbonyl (C=O) groups excluding carboxylic acids is 2. The molecule has 8 nitrogen and oxygen atoms in total. The van der Waals surface area contributed by atoms with Gasteiger partial charge in [-0.25, -0.2) is 12.7 Å². The summed E-state index contributed by atoms with van der Waals surface area (Å²) in [6, 6.07) is 7.68. The van der Waals surface area contributed by atoms with E-state index in [1.54, 1.807) is 17.1 Å². The first kappa shape index (κ1) is 30.3. The minimum atomic E-state index is -3.73. The van der Waals surface area contributed by atoms with Crippen LogP contribution in [0.5, 0.6) is 0 Å². The topological polar surface area (TPSA) is 81.2 Å². The van der Waals surface area contributed by atoms with Crippen LogP contribution in [0.2, 0.25) is 0 Å². The maximum absolute atomic E-state index is 13.0. The Bertz CT molecular complexity index is 1100. The molecular formula is C25H36Cl2N4O4S. The lowest BCUT2D eigenvalue weighted by atomic mass is 9.96. The lowest BCUT2D eigenvalue weighted by Gasteiger charge is -2.32. The predicted molar refractivity (Wildman–Crippen MR) is 146 cm³/mol. The van der Waals surface area contributed by atoms with E-state index in [1.807, 2.05) is 19.1 Å². The van der Waals surface area contributed by atoms with Crippen molar-refractivity contribution in [2.75, 3.05) is 46.0 Å². The number of benzene rings is 1. The van der Waals surface area contributed by atoms with Crippen molar-refractivity contribution in [2.45, 2.75) is 32.4 Å². The molecule has 0 aromatic heterocycles. The number of rotatable bonds is 7. The van der Waals surface area contributed by atoms with Crippen LogP contribution in [0.15, 0.2) is 42.1 Å². The molecule has 0 spiro atoms. The van der Waals surface area contributed by atoms with Crippen LogP contribution in [0.3, 0.4) is 0 Å². The monoisotopic (exact) mass is 558 g/mol. The third kappa shape index (κ3) is 6.50. The Morgan fingerprint density at radius 3 is 2.31 bits per heavy atom. The van der Waals surface area contributed by atoms with Gasteiger partial charge in [0.2, 0.25) is 21.8 Å². The average Bonchev–Trinajstić information content (AvgIpc) is 3.32. The van der Waals surface area contributed by atoms with Gasteiger partial charge in [-0.1, -0.05) is 37.6 Å². The number of amides is 2. The van der Waals surface area contributed by atoms with Crippen molar-refractivity contribution < 1.29 is 18.0 Å². The zero-order chi connectivity index (χ0) is 24.5. The number of piperazine rings is 1. The molecule has 3 heterocycles. The zero-order valence-corrected chi connectivity index (χ0v) is 23.4. The number of fused-ring (bicyclic) bond motifs is 1. The fourth-order valence-corrected chi connectivity index (χ4v) is 6.09. The Morgan fingerprint density at radius 1 is 1.08 bits per heavy atom. The van der Waals surface area contributed by atoms with Gasteiger partial charge in [-0.3, -0.25) is 14.5 Å². The Balaban J connectivity index is 0.00000228. The molecule has 36 heavy (non-hydrogen) atoms. The fraction of sp³-hybridized carbons (Fsp3) is 0.520. The molecule has 0 radical (unpaired) electrons. The van der Waals surface area contributed by atoms with Crippen molar-refractivity contribution in [3.63, 3.8) is 0 Å². The standard InChI is InChI=1S/C25H34N4O4S.2ClH/c1-4-5-21-24-22(29(25(21)31)34(3,32)33)12-13-28(24)23(30)11-10-19-6-8-20(9-7-19)18-27-16-14-26(2)15-17-27;;/h6-12,21,24H,4-5,13-18H2,1-3H3;2*1H/t21-,24-;;/m1../s1. The van der Waals surface area contributed by atoms with E-state index in [-0.39, 0.29) is 30.7 Å². The summed E-state index contributed by atoms with van der Waals surface area (Å²) < 4.78 is 25.4. The molecule has 11 heteroatoms. The minimum absolute atomic E-state index is 0. The Kier molecular flexibility index (Phi) is 10.6. The first-order chi connectivity index (χ1) is 16.2. The molecule has 0 aliphatic carbocycles. The molecule has 1 aromatic rings. The quantitative estimate of drug-likeness (QED) is 0.478. The molecule has 3 aliphatic heterocycles. The van der Waals surface area contributed by atoms with Gasteiger partial charge in [-0.2, -0.15) is 0 Å². The zero-order valence-electron chi connectivity index (χ0n) is 21.0. The highest BCUT2D eigenvalue weighted by Gasteiger charge is 2.53. The summed E-state index contributed by atoms with van der Waals surface area (Å²) in [7, 11) is -1.58. The van der Waals surface area contributed by atoms with Gasteiger partial charge in [0.05, 0.1) is 23.9 Å². The van der Waals surface area contributed by atoms with Crippen molar-refractivity contribution in [1.29, 1.82) is 0 Å². The summed E-state index contributed by atoms with van der Waals surface area (Å²) in [4.78, 5) is 32.3. The van der Waals surface area contributed by atoms with Crippen molar-refractivity contribution in [3.8, 4) is 0 Å². The number of nitrogens with zero attached hydrogens (tertiary/aromatic N) is 4. The third-order valence-electron chi connectivity index (χ3n) is 6.88. The second-order valence-corrected chi connectivity index (χ2v) is 11.3.